The highest BCUT2D eigenvalue weighted by Crippen LogP contribution is 2.67. The van der Waals surface area contributed by atoms with Crippen LogP contribution in [0.2, 0.25) is 0 Å². The minimum absolute atomic E-state index is 0.245. The van der Waals surface area contributed by atoms with Crippen molar-refractivity contribution in [2.75, 3.05) is 0 Å². The largest absolute Gasteiger partial charge is 0.295 e. The van der Waals surface area contributed by atoms with Crippen LogP contribution in [-0.4, -0.2) is 5.78 Å². The summed E-state index contributed by atoms with van der Waals surface area (Å²) >= 11 is 0. The molecule has 26 heavy (non-hydrogen) atoms. The number of carbonyl (C=O) groups excluding carboxylic acids is 1. The van der Waals surface area contributed by atoms with Gasteiger partial charge in [-0.2, -0.15) is 0 Å². The maximum absolute atomic E-state index is 12.2. The van der Waals surface area contributed by atoms with Crippen LogP contribution >= 0.6 is 0 Å². The summed E-state index contributed by atoms with van der Waals surface area (Å²) in [6.45, 7) is 12.3. The number of ketones is 1. The zero-order chi connectivity index (χ0) is 18.7. The summed E-state index contributed by atoms with van der Waals surface area (Å²) < 4.78 is 0. The Hall–Kier alpha value is -0.850. The average Bonchev–Trinajstić information content (AvgIpc) is 2.98. The Morgan fingerprint density at radius 1 is 1.12 bits per heavy atom. The molecular formula is C25H38O. The second kappa shape index (κ2) is 6.35. The quantitative estimate of drug-likeness (QED) is 0.548. The molecule has 1 nitrogen and oxygen atoms in total. The zero-order valence-electron chi connectivity index (χ0n) is 17.6. The summed E-state index contributed by atoms with van der Waals surface area (Å²) in [7, 11) is 0. The van der Waals surface area contributed by atoms with E-state index < -0.39 is 0 Å². The highest BCUT2D eigenvalue weighted by atomic mass is 16.1. The Kier molecular flexibility index (Phi) is 4.52. The molecule has 2 saturated carbocycles. The number of carbonyl (C=O) groups is 1. The van der Waals surface area contributed by atoms with Crippen molar-refractivity contribution in [3.63, 3.8) is 0 Å². The predicted octanol–water partition coefficient (Wildman–Crippen LogP) is 6.74. The van der Waals surface area contributed by atoms with Gasteiger partial charge in [0.2, 0.25) is 0 Å². The smallest absolute Gasteiger partial charge is 0.156 e. The van der Waals surface area contributed by atoms with Gasteiger partial charge in [-0.1, -0.05) is 47.1 Å². The normalized spacial score (nSPS) is 46.0. The van der Waals surface area contributed by atoms with Gasteiger partial charge in [0, 0.05) is 6.42 Å². The molecular weight excluding hydrogens is 316 g/mol. The van der Waals surface area contributed by atoms with E-state index in [-0.39, 0.29) is 5.41 Å². The highest BCUT2D eigenvalue weighted by molar-refractivity contribution is 5.92. The molecule has 0 heterocycles. The molecule has 0 aliphatic heterocycles. The van der Waals surface area contributed by atoms with Crippen LogP contribution in [0.3, 0.4) is 0 Å². The molecule has 4 rings (SSSR count). The fourth-order valence-corrected chi connectivity index (χ4v) is 7.82. The average molecular weight is 355 g/mol. The molecule has 4 unspecified atom stereocenters. The molecule has 4 aliphatic rings. The van der Waals surface area contributed by atoms with Crippen molar-refractivity contribution >= 4 is 5.78 Å². The number of allylic oxidation sites excluding steroid dienone is 4. The van der Waals surface area contributed by atoms with E-state index in [0.29, 0.717) is 11.2 Å². The van der Waals surface area contributed by atoms with E-state index in [4.69, 9.17) is 0 Å². The summed E-state index contributed by atoms with van der Waals surface area (Å²) in [4.78, 5) is 12.2. The van der Waals surface area contributed by atoms with Crippen LogP contribution < -0.4 is 0 Å². The third-order valence-electron chi connectivity index (χ3n) is 9.49. The van der Waals surface area contributed by atoms with Gasteiger partial charge in [0.1, 0.15) is 0 Å². The Morgan fingerprint density at radius 2 is 1.88 bits per heavy atom. The summed E-state index contributed by atoms with van der Waals surface area (Å²) in [6.07, 6.45) is 14.5. The number of hydrogen-bond donors (Lipinski definition) is 0. The summed E-state index contributed by atoms with van der Waals surface area (Å²) in [5.74, 6) is 4.48. The first-order chi connectivity index (χ1) is 12.3. The van der Waals surface area contributed by atoms with Crippen molar-refractivity contribution in [2.24, 2.45) is 40.4 Å². The molecule has 0 amide bonds. The zero-order valence-corrected chi connectivity index (χ0v) is 17.6. The first-order valence-electron chi connectivity index (χ1n) is 11.3. The van der Waals surface area contributed by atoms with Gasteiger partial charge in [-0.05, 0) is 96.2 Å². The molecule has 2 fully saturated rings. The maximum Gasteiger partial charge on any atom is 0.156 e. The van der Waals surface area contributed by atoms with Gasteiger partial charge in [0.15, 0.2) is 5.78 Å². The van der Waals surface area contributed by atoms with Crippen LogP contribution in [0.25, 0.3) is 0 Å². The van der Waals surface area contributed by atoms with Gasteiger partial charge in [-0.15, -0.1) is 0 Å². The minimum atomic E-state index is 0.245. The van der Waals surface area contributed by atoms with Crippen LogP contribution in [0.5, 0.6) is 0 Å². The molecule has 0 radical (unpaired) electrons. The number of rotatable bonds is 3. The van der Waals surface area contributed by atoms with Crippen molar-refractivity contribution in [2.45, 2.75) is 86.0 Å². The van der Waals surface area contributed by atoms with Crippen LogP contribution in [0.15, 0.2) is 23.3 Å². The Morgan fingerprint density at radius 3 is 2.58 bits per heavy atom. The van der Waals surface area contributed by atoms with E-state index in [0.717, 1.165) is 48.9 Å². The molecule has 0 bridgehead atoms. The molecule has 0 aromatic rings. The first-order valence-corrected chi connectivity index (χ1v) is 11.3. The number of fused-ring (bicyclic) bond motifs is 5. The summed E-state index contributed by atoms with van der Waals surface area (Å²) in [5.41, 5.74) is 3.69. The van der Waals surface area contributed by atoms with Crippen molar-refractivity contribution < 1.29 is 4.79 Å². The fourth-order valence-electron chi connectivity index (χ4n) is 7.82. The molecule has 7 atom stereocenters. The molecule has 4 aliphatic carbocycles. The van der Waals surface area contributed by atoms with Crippen LogP contribution in [-0.2, 0) is 4.79 Å². The second-order valence-electron chi connectivity index (χ2n) is 10.4. The third kappa shape index (κ3) is 2.45. The monoisotopic (exact) mass is 354 g/mol. The van der Waals surface area contributed by atoms with E-state index >= 15 is 0 Å². The van der Waals surface area contributed by atoms with Gasteiger partial charge < -0.3 is 0 Å². The topological polar surface area (TPSA) is 17.1 Å². The van der Waals surface area contributed by atoms with E-state index in [1.54, 1.807) is 0 Å². The van der Waals surface area contributed by atoms with Crippen LogP contribution in [0.4, 0.5) is 0 Å². The van der Waals surface area contributed by atoms with Gasteiger partial charge in [-0.25, -0.2) is 0 Å². The fraction of sp³-hybridized carbons (Fsp3) is 0.800. The maximum atomic E-state index is 12.2. The van der Waals surface area contributed by atoms with E-state index in [9.17, 15) is 4.79 Å². The lowest BCUT2D eigenvalue weighted by Crippen LogP contribution is -2.50. The summed E-state index contributed by atoms with van der Waals surface area (Å²) in [5, 5.41) is 0. The first kappa shape index (κ1) is 18.5. The van der Waals surface area contributed by atoms with Crippen molar-refractivity contribution in [3.8, 4) is 0 Å². The van der Waals surface area contributed by atoms with Crippen molar-refractivity contribution in [1.29, 1.82) is 0 Å². The van der Waals surface area contributed by atoms with Gasteiger partial charge in [0.25, 0.3) is 0 Å². The standard InChI is InChI=1S/C25H38O/c1-6-16(3)20-8-9-21-19-14-17(7-2)23-15-18(26)10-12-25(23,5)22(19)11-13-24(20,21)4/h14-16,19-22H,6-13H2,1-5H3/t16-,19?,20?,21?,22?,24-,25-/m1/s1. The van der Waals surface area contributed by atoms with Crippen LogP contribution in [0.1, 0.15) is 86.0 Å². The highest BCUT2D eigenvalue weighted by Gasteiger charge is 2.59. The lowest BCUT2D eigenvalue weighted by molar-refractivity contribution is -0.116. The SMILES string of the molecule is CCC1=CC2C3CCC([C@H](C)CC)[C@@]3(C)CCC2[C@@]2(C)CCC(=O)C=C12. The predicted molar refractivity (Wildman–Crippen MR) is 109 cm³/mol. The molecule has 0 N–H and O–H groups in total. The molecule has 0 spiro atoms. The van der Waals surface area contributed by atoms with Crippen molar-refractivity contribution in [3.05, 3.63) is 23.3 Å². The molecule has 1 heteroatoms. The van der Waals surface area contributed by atoms with Gasteiger partial charge >= 0.3 is 0 Å². The number of hydrogen-bond acceptors (Lipinski definition) is 1. The van der Waals surface area contributed by atoms with E-state index in [1.807, 2.05) is 6.08 Å². The molecule has 144 valence electrons. The minimum Gasteiger partial charge on any atom is -0.295 e. The van der Waals surface area contributed by atoms with E-state index in [2.05, 4.69) is 40.7 Å². The van der Waals surface area contributed by atoms with Crippen molar-refractivity contribution in [1.82, 2.24) is 0 Å². The molecule has 0 saturated heterocycles. The van der Waals surface area contributed by atoms with Crippen LogP contribution in [0, 0.1) is 40.4 Å². The van der Waals surface area contributed by atoms with Gasteiger partial charge in [0.05, 0.1) is 0 Å². The lowest BCUT2D eigenvalue weighted by atomic mass is 9.47. The Bertz CT molecular complexity index is 655. The molecule has 0 aromatic carbocycles. The molecule has 0 aromatic heterocycles. The Labute approximate surface area is 160 Å². The third-order valence-corrected chi connectivity index (χ3v) is 9.49. The van der Waals surface area contributed by atoms with Gasteiger partial charge in [-0.3, -0.25) is 4.79 Å². The Balaban J connectivity index is 1.75. The summed E-state index contributed by atoms with van der Waals surface area (Å²) in [6, 6.07) is 0. The lowest BCUT2D eigenvalue weighted by Gasteiger charge is -2.57. The second-order valence-corrected chi connectivity index (χ2v) is 10.4. The van der Waals surface area contributed by atoms with E-state index in [1.165, 1.54) is 43.3 Å².